The number of imide groups is 1. The zero-order chi connectivity index (χ0) is 22.9. The second-order valence-corrected chi connectivity index (χ2v) is 8.11. The van der Waals surface area contributed by atoms with Gasteiger partial charge in [0.2, 0.25) is 5.91 Å². The maximum atomic E-state index is 12.4. The molecule has 172 valence electrons. The Morgan fingerprint density at radius 1 is 1.09 bits per heavy atom. The third-order valence-corrected chi connectivity index (χ3v) is 5.59. The SMILES string of the molecule is C[C@@H](OC(=O)CCC(=O)N1CCC(c2ccccc2)=N1)C(=O)NC(=O)NC1CCCCC1. The van der Waals surface area contributed by atoms with Crippen LogP contribution in [-0.4, -0.2) is 53.2 Å². The molecule has 32 heavy (non-hydrogen) atoms. The van der Waals surface area contributed by atoms with E-state index in [9.17, 15) is 19.2 Å². The Kier molecular flexibility index (Phi) is 8.35. The zero-order valence-electron chi connectivity index (χ0n) is 18.3. The number of ether oxygens (including phenoxy) is 1. The zero-order valence-corrected chi connectivity index (χ0v) is 18.3. The average molecular weight is 443 g/mol. The van der Waals surface area contributed by atoms with Gasteiger partial charge in [0.15, 0.2) is 6.10 Å². The first-order valence-corrected chi connectivity index (χ1v) is 11.2. The van der Waals surface area contributed by atoms with Crippen LogP contribution in [0.5, 0.6) is 0 Å². The molecule has 0 spiro atoms. The van der Waals surface area contributed by atoms with Gasteiger partial charge < -0.3 is 10.1 Å². The molecule has 0 aromatic heterocycles. The number of nitrogens with zero attached hydrogens (tertiary/aromatic N) is 2. The highest BCUT2D eigenvalue weighted by atomic mass is 16.5. The molecule has 2 aliphatic rings. The molecule has 1 aromatic carbocycles. The van der Waals surface area contributed by atoms with Gasteiger partial charge in [0.1, 0.15) is 0 Å². The molecule has 0 bridgehead atoms. The minimum atomic E-state index is -1.14. The fourth-order valence-corrected chi connectivity index (χ4v) is 3.80. The van der Waals surface area contributed by atoms with Crippen molar-refractivity contribution >= 4 is 29.5 Å². The molecule has 0 radical (unpaired) electrons. The summed E-state index contributed by atoms with van der Waals surface area (Å²) in [4.78, 5) is 48.5. The van der Waals surface area contributed by atoms with Crippen molar-refractivity contribution in [3.63, 3.8) is 0 Å². The number of carbonyl (C=O) groups excluding carboxylic acids is 4. The summed E-state index contributed by atoms with van der Waals surface area (Å²) in [7, 11) is 0. The smallest absolute Gasteiger partial charge is 0.321 e. The fraction of sp³-hybridized carbons (Fsp3) is 0.522. The van der Waals surface area contributed by atoms with Crippen molar-refractivity contribution in [2.45, 2.75) is 70.4 Å². The number of hydrazone groups is 1. The number of carbonyl (C=O) groups is 4. The van der Waals surface area contributed by atoms with E-state index in [4.69, 9.17) is 4.74 Å². The fourth-order valence-electron chi connectivity index (χ4n) is 3.80. The van der Waals surface area contributed by atoms with Gasteiger partial charge in [-0.25, -0.2) is 9.80 Å². The van der Waals surface area contributed by atoms with Crippen LogP contribution in [0.2, 0.25) is 0 Å². The van der Waals surface area contributed by atoms with Crippen LogP contribution in [-0.2, 0) is 19.1 Å². The van der Waals surface area contributed by atoms with Crippen LogP contribution < -0.4 is 10.6 Å². The largest absolute Gasteiger partial charge is 0.453 e. The van der Waals surface area contributed by atoms with Crippen molar-refractivity contribution in [3.05, 3.63) is 35.9 Å². The van der Waals surface area contributed by atoms with Crippen LogP contribution in [0.15, 0.2) is 35.4 Å². The van der Waals surface area contributed by atoms with E-state index in [1.807, 2.05) is 30.3 Å². The molecule has 1 aliphatic carbocycles. The summed E-state index contributed by atoms with van der Waals surface area (Å²) in [5.74, 6) is -1.66. The molecule has 1 heterocycles. The molecule has 3 rings (SSSR count). The molecule has 1 fully saturated rings. The molecule has 0 saturated heterocycles. The quantitative estimate of drug-likeness (QED) is 0.629. The number of nitrogens with one attached hydrogen (secondary N) is 2. The Morgan fingerprint density at radius 2 is 1.81 bits per heavy atom. The lowest BCUT2D eigenvalue weighted by Gasteiger charge is -2.23. The number of hydrogen-bond donors (Lipinski definition) is 2. The number of hydrogen-bond acceptors (Lipinski definition) is 6. The molecule has 1 aliphatic heterocycles. The second-order valence-electron chi connectivity index (χ2n) is 8.11. The summed E-state index contributed by atoms with van der Waals surface area (Å²) in [6, 6.07) is 9.10. The number of benzene rings is 1. The lowest BCUT2D eigenvalue weighted by atomic mass is 9.96. The van der Waals surface area contributed by atoms with Crippen LogP contribution in [0, 0.1) is 0 Å². The second kappa shape index (κ2) is 11.4. The third-order valence-electron chi connectivity index (χ3n) is 5.59. The average Bonchev–Trinajstić information content (AvgIpc) is 3.29. The minimum Gasteiger partial charge on any atom is -0.453 e. The van der Waals surface area contributed by atoms with Crippen molar-refractivity contribution < 1.29 is 23.9 Å². The van der Waals surface area contributed by atoms with Crippen molar-refractivity contribution in [3.8, 4) is 0 Å². The summed E-state index contributed by atoms with van der Waals surface area (Å²) >= 11 is 0. The van der Waals surface area contributed by atoms with Gasteiger partial charge in [-0.05, 0) is 25.3 Å². The summed E-state index contributed by atoms with van der Waals surface area (Å²) in [5, 5.41) is 10.7. The Labute approximate surface area is 187 Å². The first-order chi connectivity index (χ1) is 15.4. The van der Waals surface area contributed by atoms with Crippen LogP contribution >= 0.6 is 0 Å². The van der Waals surface area contributed by atoms with Gasteiger partial charge in [0.25, 0.3) is 5.91 Å². The monoisotopic (exact) mass is 442 g/mol. The molecular formula is C23H30N4O5. The van der Waals surface area contributed by atoms with Crippen LogP contribution in [0.3, 0.4) is 0 Å². The summed E-state index contributed by atoms with van der Waals surface area (Å²) in [6.07, 6.45) is 4.35. The molecule has 9 nitrogen and oxygen atoms in total. The highest BCUT2D eigenvalue weighted by Gasteiger charge is 2.25. The Hall–Kier alpha value is -3.23. The van der Waals surface area contributed by atoms with Crippen molar-refractivity contribution in [1.29, 1.82) is 0 Å². The molecule has 1 aromatic rings. The first kappa shape index (κ1) is 23.4. The van der Waals surface area contributed by atoms with Crippen LogP contribution in [0.1, 0.15) is 63.9 Å². The van der Waals surface area contributed by atoms with Gasteiger partial charge in [-0.3, -0.25) is 19.7 Å². The standard InChI is InChI=1S/C23H30N4O5/c1-16(22(30)25-23(31)24-18-10-6-3-7-11-18)32-21(29)13-12-20(28)27-15-14-19(26-27)17-8-4-2-5-9-17/h2,4-5,8-9,16,18H,3,6-7,10-15H2,1H3,(H2,24,25,30,31)/t16-/m1/s1. The van der Waals surface area contributed by atoms with Gasteiger partial charge >= 0.3 is 12.0 Å². The van der Waals surface area contributed by atoms with Gasteiger partial charge in [-0.2, -0.15) is 5.10 Å². The van der Waals surface area contributed by atoms with Gasteiger partial charge in [0.05, 0.1) is 18.7 Å². The van der Waals surface area contributed by atoms with E-state index in [1.165, 1.54) is 11.9 Å². The molecule has 2 N–H and O–H groups in total. The third kappa shape index (κ3) is 6.90. The van der Waals surface area contributed by atoms with E-state index in [1.54, 1.807) is 0 Å². The summed E-state index contributed by atoms with van der Waals surface area (Å²) in [6.45, 7) is 1.85. The van der Waals surface area contributed by atoms with Crippen LogP contribution in [0.25, 0.3) is 0 Å². The maximum Gasteiger partial charge on any atom is 0.321 e. The highest BCUT2D eigenvalue weighted by molar-refractivity contribution is 6.02. The first-order valence-electron chi connectivity index (χ1n) is 11.2. The normalized spacial score (nSPS) is 17.3. The van der Waals surface area contributed by atoms with Crippen LogP contribution in [0.4, 0.5) is 4.79 Å². The van der Waals surface area contributed by atoms with Crippen molar-refractivity contribution in [1.82, 2.24) is 15.6 Å². The topological polar surface area (TPSA) is 117 Å². The molecule has 1 saturated carbocycles. The van der Waals surface area contributed by atoms with Crippen molar-refractivity contribution in [2.24, 2.45) is 5.10 Å². The highest BCUT2D eigenvalue weighted by Crippen LogP contribution is 2.17. The van der Waals surface area contributed by atoms with Gasteiger partial charge in [-0.1, -0.05) is 49.6 Å². The Balaban J connectivity index is 1.37. The number of rotatable bonds is 7. The maximum absolute atomic E-state index is 12.4. The lowest BCUT2D eigenvalue weighted by Crippen LogP contribution is -2.48. The molecule has 9 heteroatoms. The molecule has 1 atom stereocenters. The summed E-state index contributed by atoms with van der Waals surface area (Å²) < 4.78 is 5.07. The Morgan fingerprint density at radius 3 is 2.53 bits per heavy atom. The van der Waals surface area contributed by atoms with E-state index in [-0.39, 0.29) is 24.8 Å². The molecule has 4 amide bonds. The van der Waals surface area contributed by atoms with E-state index in [2.05, 4.69) is 15.7 Å². The van der Waals surface area contributed by atoms with Gasteiger partial charge in [-0.15, -0.1) is 0 Å². The van der Waals surface area contributed by atoms with Gasteiger partial charge in [0, 0.05) is 18.9 Å². The number of esters is 1. The van der Waals surface area contributed by atoms with E-state index in [0.717, 1.165) is 43.4 Å². The predicted molar refractivity (Wildman–Crippen MR) is 118 cm³/mol. The number of amides is 4. The van der Waals surface area contributed by atoms with E-state index in [0.29, 0.717) is 13.0 Å². The van der Waals surface area contributed by atoms with Crippen molar-refractivity contribution in [2.75, 3.05) is 6.54 Å². The summed E-state index contributed by atoms with van der Waals surface area (Å²) in [5.41, 5.74) is 1.80. The Bertz CT molecular complexity index is 864. The lowest BCUT2D eigenvalue weighted by molar-refractivity contribution is -0.155. The number of urea groups is 1. The van der Waals surface area contributed by atoms with E-state index < -0.39 is 24.0 Å². The molecule has 0 unspecified atom stereocenters. The molecular weight excluding hydrogens is 412 g/mol. The predicted octanol–water partition coefficient (Wildman–Crippen LogP) is 2.49. The minimum absolute atomic E-state index is 0.0658. The van der Waals surface area contributed by atoms with E-state index >= 15 is 0 Å².